The van der Waals surface area contributed by atoms with Gasteiger partial charge >= 0.3 is 0 Å². The Bertz CT molecular complexity index is 1060. The number of ether oxygens (including phenoxy) is 2. The lowest BCUT2D eigenvalue weighted by Gasteiger charge is -2.26. The Balaban J connectivity index is 1.70. The Kier molecular flexibility index (Phi) is 8.47. The Morgan fingerprint density at radius 2 is 0.632 bits per heavy atom. The SMILES string of the molecule is CC(C)(C)c1cc(OCc2ccc(COc3cc(C(C)(C)C)cc(C(C)(C)C)c3)cc2)cc(C(C)(C)C)c1. The number of hydrogen-bond acceptors (Lipinski definition) is 2. The summed E-state index contributed by atoms with van der Waals surface area (Å²) in [6, 6.07) is 22.0. The van der Waals surface area contributed by atoms with E-state index in [2.05, 4.69) is 144 Å². The third-order valence-corrected chi connectivity index (χ3v) is 7.11. The van der Waals surface area contributed by atoms with Gasteiger partial charge in [0.05, 0.1) is 0 Å². The highest BCUT2D eigenvalue weighted by Gasteiger charge is 2.22. The number of rotatable bonds is 6. The normalized spacial score (nSPS) is 12.9. The molecule has 2 heteroatoms. The van der Waals surface area contributed by atoms with Crippen molar-refractivity contribution in [1.82, 2.24) is 0 Å². The van der Waals surface area contributed by atoms with Crippen LogP contribution in [-0.2, 0) is 34.9 Å². The molecule has 206 valence electrons. The maximum absolute atomic E-state index is 6.29. The van der Waals surface area contributed by atoms with Crippen LogP contribution in [0.3, 0.4) is 0 Å². The molecule has 0 atom stereocenters. The van der Waals surface area contributed by atoms with Gasteiger partial charge in [0.2, 0.25) is 0 Å². The maximum atomic E-state index is 6.29. The molecule has 0 N–H and O–H groups in total. The Labute approximate surface area is 232 Å². The summed E-state index contributed by atoms with van der Waals surface area (Å²) in [5.74, 6) is 1.87. The van der Waals surface area contributed by atoms with Gasteiger partial charge < -0.3 is 9.47 Å². The van der Waals surface area contributed by atoms with E-state index < -0.39 is 0 Å². The van der Waals surface area contributed by atoms with Crippen LogP contribution in [-0.4, -0.2) is 0 Å². The van der Waals surface area contributed by atoms with Gasteiger partial charge in [0.15, 0.2) is 0 Å². The highest BCUT2D eigenvalue weighted by Crippen LogP contribution is 2.34. The first-order valence-corrected chi connectivity index (χ1v) is 14.0. The van der Waals surface area contributed by atoms with Crippen LogP contribution in [0.5, 0.6) is 11.5 Å². The summed E-state index contributed by atoms with van der Waals surface area (Å²) < 4.78 is 12.6. The van der Waals surface area contributed by atoms with E-state index in [4.69, 9.17) is 9.47 Å². The van der Waals surface area contributed by atoms with Gasteiger partial charge in [-0.3, -0.25) is 0 Å². The smallest absolute Gasteiger partial charge is 0.120 e. The topological polar surface area (TPSA) is 18.5 Å². The number of benzene rings is 3. The molecule has 0 radical (unpaired) electrons. The summed E-state index contributed by atoms with van der Waals surface area (Å²) in [6.07, 6.45) is 0. The molecule has 0 amide bonds. The summed E-state index contributed by atoms with van der Waals surface area (Å²) >= 11 is 0. The lowest BCUT2D eigenvalue weighted by atomic mass is 9.80. The zero-order valence-electron chi connectivity index (χ0n) is 26.0. The molecule has 3 aromatic rings. The molecular formula is C36H50O2. The summed E-state index contributed by atoms with van der Waals surface area (Å²) in [5.41, 5.74) is 7.80. The van der Waals surface area contributed by atoms with Crippen molar-refractivity contribution in [3.63, 3.8) is 0 Å². The van der Waals surface area contributed by atoms with Crippen LogP contribution in [0.4, 0.5) is 0 Å². The van der Waals surface area contributed by atoms with E-state index in [1.54, 1.807) is 0 Å². The molecule has 38 heavy (non-hydrogen) atoms. The molecule has 0 saturated heterocycles. The number of hydrogen-bond donors (Lipinski definition) is 0. The quantitative estimate of drug-likeness (QED) is 0.326. The van der Waals surface area contributed by atoms with Crippen LogP contribution in [0, 0.1) is 0 Å². The van der Waals surface area contributed by atoms with E-state index in [1.165, 1.54) is 22.3 Å². The van der Waals surface area contributed by atoms with E-state index in [9.17, 15) is 0 Å². The molecule has 0 heterocycles. The van der Waals surface area contributed by atoms with E-state index >= 15 is 0 Å². The van der Waals surface area contributed by atoms with Gasteiger partial charge in [-0.25, -0.2) is 0 Å². The zero-order chi connectivity index (χ0) is 28.5. The van der Waals surface area contributed by atoms with Crippen molar-refractivity contribution < 1.29 is 9.47 Å². The molecule has 0 aliphatic heterocycles. The molecule has 3 rings (SSSR count). The lowest BCUT2D eigenvalue weighted by molar-refractivity contribution is 0.301. The molecule has 2 nitrogen and oxygen atoms in total. The Morgan fingerprint density at radius 1 is 0.395 bits per heavy atom. The Morgan fingerprint density at radius 3 is 0.842 bits per heavy atom. The molecule has 0 unspecified atom stereocenters. The standard InChI is InChI=1S/C36H50O2/c1-33(2,3)27-17-28(34(4,5)6)20-31(19-27)37-23-25-13-15-26(16-14-25)24-38-32-21-29(35(7,8)9)18-30(22-32)36(10,11)12/h13-22H,23-24H2,1-12H3. The van der Waals surface area contributed by atoms with Gasteiger partial charge in [-0.2, -0.15) is 0 Å². The molecular weight excluding hydrogens is 464 g/mol. The van der Waals surface area contributed by atoms with Crippen LogP contribution < -0.4 is 9.47 Å². The van der Waals surface area contributed by atoms with Gasteiger partial charge in [0.1, 0.15) is 24.7 Å². The predicted octanol–water partition coefficient (Wildman–Crippen LogP) is 10.0. The molecule has 0 aromatic heterocycles. The monoisotopic (exact) mass is 514 g/mol. The highest BCUT2D eigenvalue weighted by molar-refractivity contribution is 5.42. The molecule has 0 aliphatic rings. The average Bonchev–Trinajstić information content (AvgIpc) is 2.79. The summed E-state index contributed by atoms with van der Waals surface area (Å²) in [7, 11) is 0. The van der Waals surface area contributed by atoms with Crippen LogP contribution >= 0.6 is 0 Å². The first-order valence-electron chi connectivity index (χ1n) is 14.0. The van der Waals surface area contributed by atoms with E-state index in [0.717, 1.165) is 22.6 Å². The van der Waals surface area contributed by atoms with Gasteiger partial charge in [-0.05, 0) is 79.3 Å². The largest absolute Gasteiger partial charge is 0.489 e. The fourth-order valence-corrected chi connectivity index (χ4v) is 4.16. The molecule has 0 spiro atoms. The predicted molar refractivity (Wildman–Crippen MR) is 163 cm³/mol. The van der Waals surface area contributed by atoms with Crippen molar-refractivity contribution in [2.45, 2.75) is 118 Å². The van der Waals surface area contributed by atoms with Crippen molar-refractivity contribution in [3.05, 3.63) is 94.0 Å². The molecule has 0 bridgehead atoms. The van der Waals surface area contributed by atoms with Crippen LogP contribution in [0.1, 0.15) is 116 Å². The van der Waals surface area contributed by atoms with Crippen LogP contribution in [0.15, 0.2) is 60.7 Å². The minimum absolute atomic E-state index is 0.0705. The minimum atomic E-state index is 0.0705. The maximum Gasteiger partial charge on any atom is 0.120 e. The molecule has 0 aliphatic carbocycles. The molecule has 0 fully saturated rings. The third-order valence-electron chi connectivity index (χ3n) is 7.11. The van der Waals surface area contributed by atoms with Crippen molar-refractivity contribution in [2.75, 3.05) is 0 Å². The fourth-order valence-electron chi connectivity index (χ4n) is 4.16. The summed E-state index contributed by atoms with van der Waals surface area (Å²) in [4.78, 5) is 0. The van der Waals surface area contributed by atoms with Gasteiger partial charge in [0.25, 0.3) is 0 Å². The third kappa shape index (κ3) is 8.13. The fraction of sp³-hybridized carbons (Fsp3) is 0.500. The van der Waals surface area contributed by atoms with Crippen molar-refractivity contribution in [3.8, 4) is 11.5 Å². The van der Waals surface area contributed by atoms with Crippen LogP contribution in [0.2, 0.25) is 0 Å². The zero-order valence-corrected chi connectivity index (χ0v) is 26.0. The highest BCUT2D eigenvalue weighted by atomic mass is 16.5. The molecule has 3 aromatic carbocycles. The first-order chi connectivity index (χ1) is 17.3. The second-order valence-electron chi connectivity index (χ2n) is 14.9. The average molecular weight is 515 g/mol. The van der Waals surface area contributed by atoms with Crippen LogP contribution in [0.25, 0.3) is 0 Å². The minimum Gasteiger partial charge on any atom is -0.489 e. The van der Waals surface area contributed by atoms with Crippen molar-refractivity contribution in [2.24, 2.45) is 0 Å². The van der Waals surface area contributed by atoms with E-state index in [-0.39, 0.29) is 21.7 Å². The van der Waals surface area contributed by atoms with E-state index in [0.29, 0.717) is 13.2 Å². The lowest BCUT2D eigenvalue weighted by Crippen LogP contribution is -2.16. The second-order valence-corrected chi connectivity index (χ2v) is 14.9. The van der Waals surface area contributed by atoms with Gasteiger partial charge in [0, 0.05) is 0 Å². The Hall–Kier alpha value is -2.74. The van der Waals surface area contributed by atoms with Gasteiger partial charge in [-0.1, -0.05) is 119 Å². The van der Waals surface area contributed by atoms with E-state index in [1.807, 2.05) is 0 Å². The second kappa shape index (κ2) is 10.8. The summed E-state index contributed by atoms with van der Waals surface area (Å²) in [6.45, 7) is 28.1. The van der Waals surface area contributed by atoms with Crippen molar-refractivity contribution in [1.29, 1.82) is 0 Å². The van der Waals surface area contributed by atoms with Crippen molar-refractivity contribution >= 4 is 0 Å². The molecule has 0 saturated carbocycles. The van der Waals surface area contributed by atoms with Gasteiger partial charge in [-0.15, -0.1) is 0 Å². The first kappa shape index (κ1) is 29.8. The summed E-state index contributed by atoms with van der Waals surface area (Å²) in [5, 5.41) is 0.